The number of rotatable bonds is 16. The Morgan fingerprint density at radius 1 is 0.730 bits per heavy atom. The number of aliphatic carboxylic acids is 2. The Morgan fingerprint density at radius 3 is 1.68 bits per heavy atom. The molecule has 0 aromatic carbocycles. The molecule has 0 rings (SSSR count). The van der Waals surface area contributed by atoms with Gasteiger partial charge >= 0.3 is 11.9 Å². The molecule has 0 aliphatic heterocycles. The van der Waals surface area contributed by atoms with E-state index in [0.29, 0.717) is 0 Å². The van der Waals surface area contributed by atoms with Crippen molar-refractivity contribution in [2.75, 3.05) is 0 Å². The number of nitrogens with one attached hydrogen (secondary N) is 4. The van der Waals surface area contributed by atoms with Crippen LogP contribution in [0.1, 0.15) is 60.8 Å². The molecule has 0 spiro atoms. The van der Waals surface area contributed by atoms with Gasteiger partial charge in [0.1, 0.15) is 24.2 Å². The van der Waals surface area contributed by atoms with Gasteiger partial charge in [-0.25, -0.2) is 4.79 Å². The minimum atomic E-state index is -1.51. The highest BCUT2D eigenvalue weighted by Gasteiger charge is 2.33. The van der Waals surface area contributed by atoms with Gasteiger partial charge < -0.3 is 42.3 Å². The molecule has 14 nitrogen and oxygen atoms in total. The van der Waals surface area contributed by atoms with Crippen molar-refractivity contribution in [3.63, 3.8) is 0 Å². The second kappa shape index (κ2) is 15.8. The van der Waals surface area contributed by atoms with E-state index in [0.717, 1.165) is 0 Å². The van der Waals surface area contributed by atoms with Crippen LogP contribution in [0.4, 0.5) is 0 Å². The molecule has 6 unspecified atom stereocenters. The van der Waals surface area contributed by atoms with Gasteiger partial charge in [0.2, 0.25) is 23.6 Å². The van der Waals surface area contributed by atoms with Gasteiger partial charge in [-0.05, 0) is 38.5 Å². The Labute approximate surface area is 216 Å². The summed E-state index contributed by atoms with van der Waals surface area (Å²) in [6, 6.07) is -6.19. The molecule has 212 valence electrons. The molecule has 14 heteroatoms. The SMILES string of the molecule is CC(C)CC(NC(=O)C(C)NC(=O)C(NC(=O)C(NC(=O)C(N)CCC(=O)O)C(C)C)C(C)O)C(=O)O. The Hall–Kier alpha value is -3.26. The normalized spacial score (nSPS) is 16.1. The fourth-order valence-corrected chi connectivity index (χ4v) is 3.21. The Kier molecular flexibility index (Phi) is 14.4. The maximum Gasteiger partial charge on any atom is 0.326 e. The molecule has 0 fully saturated rings. The zero-order chi connectivity index (χ0) is 29.0. The van der Waals surface area contributed by atoms with Crippen molar-refractivity contribution in [3.05, 3.63) is 0 Å². The first-order valence-corrected chi connectivity index (χ1v) is 12.1. The van der Waals surface area contributed by atoms with Gasteiger partial charge in [0.05, 0.1) is 12.1 Å². The lowest BCUT2D eigenvalue weighted by molar-refractivity contribution is -0.142. The monoisotopic (exact) mass is 531 g/mol. The molecule has 37 heavy (non-hydrogen) atoms. The highest BCUT2D eigenvalue weighted by Crippen LogP contribution is 2.07. The van der Waals surface area contributed by atoms with E-state index in [9.17, 15) is 39.0 Å². The average molecular weight is 532 g/mol. The summed E-state index contributed by atoms with van der Waals surface area (Å²) in [5.74, 6) is -6.07. The molecular weight excluding hydrogens is 490 g/mol. The molecule has 9 N–H and O–H groups in total. The standard InChI is InChI=1S/C23H41N5O9/c1-10(2)9-15(23(36)37)26-19(32)12(5)25-22(35)18(13(6)29)28-21(34)17(11(3)4)27-20(33)14(24)7-8-16(30)31/h10-15,17-18,29H,7-9,24H2,1-6H3,(H,25,35)(H,26,32)(H,27,33)(H,28,34)(H,30,31)(H,36,37). The van der Waals surface area contributed by atoms with Gasteiger partial charge in [-0.1, -0.05) is 27.7 Å². The van der Waals surface area contributed by atoms with Crippen molar-refractivity contribution in [1.82, 2.24) is 21.3 Å². The number of hydrogen-bond donors (Lipinski definition) is 8. The van der Waals surface area contributed by atoms with Gasteiger partial charge in [-0.15, -0.1) is 0 Å². The number of carbonyl (C=O) groups is 6. The lowest BCUT2D eigenvalue weighted by atomic mass is 10.0. The molecule has 0 aromatic heterocycles. The number of aliphatic hydroxyl groups is 1. The third-order valence-electron chi connectivity index (χ3n) is 5.39. The summed E-state index contributed by atoms with van der Waals surface area (Å²) in [5, 5.41) is 37.6. The second-order valence-electron chi connectivity index (χ2n) is 9.76. The summed E-state index contributed by atoms with van der Waals surface area (Å²) in [6.45, 7) is 9.38. The topological polar surface area (TPSA) is 237 Å². The zero-order valence-electron chi connectivity index (χ0n) is 22.1. The van der Waals surface area contributed by atoms with Crippen LogP contribution in [0.5, 0.6) is 0 Å². The zero-order valence-corrected chi connectivity index (χ0v) is 22.1. The number of amides is 4. The number of carboxylic acid groups (broad SMARTS) is 2. The number of nitrogens with two attached hydrogens (primary N) is 1. The number of carboxylic acids is 2. The van der Waals surface area contributed by atoms with Crippen molar-refractivity contribution in [2.45, 2.75) is 97.1 Å². The van der Waals surface area contributed by atoms with Gasteiger partial charge in [0.15, 0.2) is 0 Å². The molecule has 0 aromatic rings. The van der Waals surface area contributed by atoms with Crippen molar-refractivity contribution < 1.29 is 44.1 Å². The van der Waals surface area contributed by atoms with Crippen molar-refractivity contribution in [2.24, 2.45) is 17.6 Å². The molecule has 4 amide bonds. The van der Waals surface area contributed by atoms with Crippen molar-refractivity contribution >= 4 is 35.6 Å². The number of aliphatic hydroxyl groups excluding tert-OH is 1. The number of carbonyl (C=O) groups excluding carboxylic acids is 4. The molecule has 0 saturated carbocycles. The summed E-state index contributed by atoms with van der Waals surface area (Å²) < 4.78 is 0. The fourth-order valence-electron chi connectivity index (χ4n) is 3.21. The molecular formula is C23H41N5O9. The van der Waals surface area contributed by atoms with E-state index in [-0.39, 0.29) is 25.2 Å². The van der Waals surface area contributed by atoms with Crippen LogP contribution in [0.15, 0.2) is 0 Å². The molecule has 0 aliphatic rings. The minimum Gasteiger partial charge on any atom is -0.481 e. The van der Waals surface area contributed by atoms with E-state index >= 15 is 0 Å². The quantitative estimate of drug-likeness (QED) is 0.112. The molecule has 0 saturated heterocycles. The van der Waals surface area contributed by atoms with Gasteiger partial charge in [0, 0.05) is 6.42 Å². The van der Waals surface area contributed by atoms with Gasteiger partial charge in [0.25, 0.3) is 0 Å². The summed E-state index contributed by atoms with van der Waals surface area (Å²) in [4.78, 5) is 72.5. The lowest BCUT2D eigenvalue weighted by Gasteiger charge is -2.28. The first kappa shape index (κ1) is 33.7. The first-order chi connectivity index (χ1) is 17.0. The van der Waals surface area contributed by atoms with E-state index in [2.05, 4.69) is 21.3 Å². The first-order valence-electron chi connectivity index (χ1n) is 12.1. The summed E-state index contributed by atoms with van der Waals surface area (Å²) >= 11 is 0. The third-order valence-corrected chi connectivity index (χ3v) is 5.39. The van der Waals surface area contributed by atoms with Gasteiger partial charge in [-0.3, -0.25) is 24.0 Å². The Morgan fingerprint density at radius 2 is 1.24 bits per heavy atom. The van der Waals surface area contributed by atoms with E-state index in [1.807, 2.05) is 0 Å². The predicted molar refractivity (Wildman–Crippen MR) is 132 cm³/mol. The Bertz CT molecular complexity index is 831. The van der Waals surface area contributed by atoms with Crippen LogP contribution in [-0.4, -0.2) is 87.2 Å². The van der Waals surface area contributed by atoms with Crippen molar-refractivity contribution in [1.29, 1.82) is 0 Å². The summed E-state index contributed by atoms with van der Waals surface area (Å²) in [6.07, 6.45) is -1.70. The van der Waals surface area contributed by atoms with Gasteiger partial charge in [-0.2, -0.15) is 0 Å². The fraction of sp³-hybridized carbons (Fsp3) is 0.739. The molecule has 0 bridgehead atoms. The Balaban J connectivity index is 5.32. The molecule has 6 atom stereocenters. The van der Waals surface area contributed by atoms with E-state index in [1.165, 1.54) is 13.8 Å². The van der Waals surface area contributed by atoms with Crippen LogP contribution in [0, 0.1) is 11.8 Å². The van der Waals surface area contributed by atoms with Crippen LogP contribution in [0.25, 0.3) is 0 Å². The van der Waals surface area contributed by atoms with Crippen LogP contribution < -0.4 is 27.0 Å². The second-order valence-corrected chi connectivity index (χ2v) is 9.76. The molecule has 0 heterocycles. The van der Waals surface area contributed by atoms with E-state index in [4.69, 9.17) is 10.8 Å². The summed E-state index contributed by atoms with van der Waals surface area (Å²) in [7, 11) is 0. The van der Waals surface area contributed by atoms with Crippen LogP contribution in [0.3, 0.4) is 0 Å². The van der Waals surface area contributed by atoms with Crippen molar-refractivity contribution in [3.8, 4) is 0 Å². The van der Waals surface area contributed by atoms with E-state index < -0.39 is 77.8 Å². The number of hydrogen-bond acceptors (Lipinski definition) is 8. The molecule has 0 aliphatic carbocycles. The van der Waals surface area contributed by atoms with E-state index in [1.54, 1.807) is 27.7 Å². The highest BCUT2D eigenvalue weighted by molar-refractivity contribution is 5.95. The maximum absolute atomic E-state index is 12.9. The molecule has 0 radical (unpaired) electrons. The average Bonchev–Trinajstić information content (AvgIpc) is 2.77. The lowest BCUT2D eigenvalue weighted by Crippen LogP contribution is -2.61. The van der Waals surface area contributed by atoms with Crippen LogP contribution in [-0.2, 0) is 28.8 Å². The minimum absolute atomic E-state index is 0.0118. The van der Waals surface area contributed by atoms with Crippen LogP contribution >= 0.6 is 0 Å². The smallest absolute Gasteiger partial charge is 0.326 e. The predicted octanol–water partition coefficient (Wildman–Crippen LogP) is -1.69. The largest absolute Gasteiger partial charge is 0.481 e. The highest BCUT2D eigenvalue weighted by atomic mass is 16.4. The summed E-state index contributed by atoms with van der Waals surface area (Å²) in [5.41, 5.74) is 5.69. The van der Waals surface area contributed by atoms with Crippen LogP contribution in [0.2, 0.25) is 0 Å². The third kappa shape index (κ3) is 12.5. The maximum atomic E-state index is 12.9.